The molecule has 1 N–H and O–H groups in total. The molecule has 0 saturated carbocycles. The Kier molecular flexibility index (Phi) is 4.06. The van der Waals surface area contributed by atoms with Gasteiger partial charge in [0.1, 0.15) is 6.10 Å². The number of nitrogens with zero attached hydrogens (tertiary/aromatic N) is 2. The average Bonchev–Trinajstić information content (AvgIpc) is 2.51. The van der Waals surface area contributed by atoms with Gasteiger partial charge in [-0.3, -0.25) is 4.98 Å². The molecule has 0 bridgehead atoms. The first-order valence-corrected chi connectivity index (χ1v) is 7.23. The van der Waals surface area contributed by atoms with Gasteiger partial charge < -0.3 is 5.11 Å². The van der Waals surface area contributed by atoms with Gasteiger partial charge in [-0.15, -0.1) is 0 Å². The number of benzene rings is 2. The molecule has 0 saturated heterocycles. The van der Waals surface area contributed by atoms with Gasteiger partial charge in [-0.1, -0.05) is 47.5 Å². The van der Waals surface area contributed by atoms with Gasteiger partial charge in [-0.05, 0) is 23.8 Å². The van der Waals surface area contributed by atoms with Gasteiger partial charge >= 0.3 is 0 Å². The first kappa shape index (κ1) is 14.3. The van der Waals surface area contributed by atoms with E-state index in [4.69, 9.17) is 23.2 Å². The quantitative estimate of drug-likeness (QED) is 0.786. The number of aliphatic hydroxyl groups excluding tert-OH is 1. The Morgan fingerprint density at radius 3 is 2.57 bits per heavy atom. The van der Waals surface area contributed by atoms with Crippen LogP contribution in [0.3, 0.4) is 0 Å². The summed E-state index contributed by atoms with van der Waals surface area (Å²) in [5, 5.41) is 11.3. The summed E-state index contributed by atoms with van der Waals surface area (Å²) < 4.78 is 0. The van der Waals surface area contributed by atoms with Gasteiger partial charge in [0.2, 0.25) is 0 Å². The molecule has 1 atom stereocenters. The van der Waals surface area contributed by atoms with E-state index in [9.17, 15) is 5.11 Å². The summed E-state index contributed by atoms with van der Waals surface area (Å²) in [4.78, 5) is 8.74. The molecule has 0 aliphatic carbocycles. The van der Waals surface area contributed by atoms with Crippen LogP contribution in [-0.4, -0.2) is 15.1 Å². The Labute approximate surface area is 132 Å². The van der Waals surface area contributed by atoms with E-state index in [1.54, 1.807) is 12.3 Å². The molecule has 0 spiro atoms. The van der Waals surface area contributed by atoms with E-state index < -0.39 is 6.10 Å². The number of para-hydroxylation sites is 2. The van der Waals surface area contributed by atoms with E-state index in [2.05, 4.69) is 9.97 Å². The second-order valence-electron chi connectivity index (χ2n) is 4.72. The molecule has 0 aliphatic heterocycles. The van der Waals surface area contributed by atoms with E-state index in [1.807, 2.05) is 36.4 Å². The van der Waals surface area contributed by atoms with Gasteiger partial charge in [0.05, 0.1) is 33.0 Å². The summed E-state index contributed by atoms with van der Waals surface area (Å²) in [5.41, 5.74) is 2.86. The van der Waals surface area contributed by atoms with Crippen LogP contribution in [-0.2, 0) is 6.42 Å². The van der Waals surface area contributed by atoms with Crippen molar-refractivity contribution in [3.05, 3.63) is 70.0 Å². The first-order valence-electron chi connectivity index (χ1n) is 6.48. The summed E-state index contributed by atoms with van der Waals surface area (Å²) in [5.74, 6) is 0. The van der Waals surface area contributed by atoms with Crippen LogP contribution in [0.15, 0.2) is 48.7 Å². The van der Waals surface area contributed by atoms with Gasteiger partial charge in [0, 0.05) is 6.42 Å². The number of halogens is 2. The van der Waals surface area contributed by atoms with E-state index >= 15 is 0 Å². The Morgan fingerprint density at radius 2 is 1.76 bits per heavy atom. The third-order valence-electron chi connectivity index (χ3n) is 3.25. The van der Waals surface area contributed by atoms with Gasteiger partial charge in [-0.25, -0.2) is 4.98 Å². The molecule has 1 heterocycles. The minimum atomic E-state index is -0.780. The maximum atomic E-state index is 10.3. The third kappa shape index (κ3) is 3.00. The lowest BCUT2D eigenvalue weighted by Gasteiger charge is -2.12. The highest BCUT2D eigenvalue weighted by atomic mass is 35.5. The molecule has 3 aromatic rings. The normalized spacial score (nSPS) is 12.5. The lowest BCUT2D eigenvalue weighted by Crippen LogP contribution is -2.05. The van der Waals surface area contributed by atoms with Crippen molar-refractivity contribution in [1.29, 1.82) is 0 Å². The van der Waals surface area contributed by atoms with Crippen molar-refractivity contribution in [1.82, 2.24) is 9.97 Å². The molecule has 0 radical (unpaired) electrons. The predicted octanol–water partition coefficient (Wildman–Crippen LogP) is 4.21. The number of hydrogen-bond acceptors (Lipinski definition) is 3. The molecule has 3 rings (SSSR count). The van der Waals surface area contributed by atoms with Crippen LogP contribution in [0.5, 0.6) is 0 Å². The van der Waals surface area contributed by atoms with E-state index in [-0.39, 0.29) is 0 Å². The second-order valence-corrected chi connectivity index (χ2v) is 5.50. The van der Waals surface area contributed by atoms with Crippen LogP contribution >= 0.6 is 23.2 Å². The number of hydrogen-bond donors (Lipinski definition) is 1. The minimum Gasteiger partial charge on any atom is -0.386 e. The fourth-order valence-corrected chi connectivity index (χ4v) is 2.55. The molecule has 3 nitrogen and oxygen atoms in total. The molecule has 0 aliphatic rings. The highest BCUT2D eigenvalue weighted by Crippen LogP contribution is 2.29. The second kappa shape index (κ2) is 5.98. The van der Waals surface area contributed by atoms with E-state index in [1.165, 1.54) is 0 Å². The zero-order valence-corrected chi connectivity index (χ0v) is 12.5. The van der Waals surface area contributed by atoms with Crippen LogP contribution in [0.25, 0.3) is 11.0 Å². The summed E-state index contributed by atoms with van der Waals surface area (Å²) in [6, 6.07) is 12.9. The highest BCUT2D eigenvalue weighted by Gasteiger charge is 2.14. The standard InChI is InChI=1S/C16H12Cl2N2O/c17-11-5-3-4-10(16(11)18)8-15(21)14-9-19-12-6-1-2-7-13(12)20-14/h1-7,9,15,21H,8H2. The zero-order valence-electron chi connectivity index (χ0n) is 11.0. The minimum absolute atomic E-state index is 0.340. The van der Waals surface area contributed by atoms with Crippen molar-refractivity contribution in [2.75, 3.05) is 0 Å². The van der Waals surface area contributed by atoms with Gasteiger partial charge in [-0.2, -0.15) is 0 Å². The summed E-state index contributed by atoms with van der Waals surface area (Å²) >= 11 is 12.1. The largest absolute Gasteiger partial charge is 0.386 e. The molecule has 21 heavy (non-hydrogen) atoms. The fraction of sp³-hybridized carbons (Fsp3) is 0.125. The van der Waals surface area contributed by atoms with Crippen molar-refractivity contribution in [2.24, 2.45) is 0 Å². The SMILES string of the molecule is OC(Cc1cccc(Cl)c1Cl)c1cnc2ccccc2n1. The van der Waals surface area contributed by atoms with Crippen molar-refractivity contribution in [2.45, 2.75) is 12.5 Å². The summed E-state index contributed by atoms with van der Waals surface area (Å²) in [7, 11) is 0. The topological polar surface area (TPSA) is 46.0 Å². The molecule has 0 fully saturated rings. The molecule has 2 aromatic carbocycles. The fourth-order valence-electron chi connectivity index (χ4n) is 2.15. The molecule has 5 heteroatoms. The van der Waals surface area contributed by atoms with Crippen LogP contribution in [0.4, 0.5) is 0 Å². The Bertz CT molecular complexity index is 792. The number of aromatic nitrogens is 2. The molecule has 106 valence electrons. The first-order chi connectivity index (χ1) is 10.1. The highest BCUT2D eigenvalue weighted by molar-refractivity contribution is 6.42. The third-order valence-corrected chi connectivity index (χ3v) is 4.11. The Balaban J connectivity index is 1.89. The van der Waals surface area contributed by atoms with Crippen LogP contribution in [0.2, 0.25) is 10.0 Å². The Hall–Kier alpha value is -1.68. The maximum Gasteiger partial charge on any atom is 0.102 e. The molecular weight excluding hydrogens is 307 g/mol. The van der Waals surface area contributed by atoms with Crippen molar-refractivity contribution in [3.63, 3.8) is 0 Å². The molecule has 0 amide bonds. The lowest BCUT2D eigenvalue weighted by molar-refractivity contribution is 0.173. The number of fused-ring (bicyclic) bond motifs is 1. The summed E-state index contributed by atoms with van der Waals surface area (Å²) in [6.45, 7) is 0. The Morgan fingerprint density at radius 1 is 1.00 bits per heavy atom. The van der Waals surface area contributed by atoms with E-state index in [0.29, 0.717) is 22.2 Å². The maximum absolute atomic E-state index is 10.3. The number of rotatable bonds is 3. The van der Waals surface area contributed by atoms with Crippen molar-refractivity contribution < 1.29 is 5.11 Å². The molecule has 1 aromatic heterocycles. The zero-order chi connectivity index (χ0) is 14.8. The predicted molar refractivity (Wildman–Crippen MR) is 84.7 cm³/mol. The van der Waals surface area contributed by atoms with Gasteiger partial charge in [0.15, 0.2) is 0 Å². The van der Waals surface area contributed by atoms with Gasteiger partial charge in [0.25, 0.3) is 0 Å². The van der Waals surface area contributed by atoms with Crippen LogP contribution in [0, 0.1) is 0 Å². The average molecular weight is 319 g/mol. The monoisotopic (exact) mass is 318 g/mol. The molecular formula is C16H12Cl2N2O. The van der Waals surface area contributed by atoms with Crippen LogP contribution in [0.1, 0.15) is 17.4 Å². The van der Waals surface area contributed by atoms with Crippen molar-refractivity contribution in [3.8, 4) is 0 Å². The smallest absolute Gasteiger partial charge is 0.102 e. The van der Waals surface area contributed by atoms with Crippen LogP contribution < -0.4 is 0 Å². The molecule has 1 unspecified atom stereocenters. The van der Waals surface area contributed by atoms with E-state index in [0.717, 1.165) is 16.6 Å². The van der Waals surface area contributed by atoms with Crippen molar-refractivity contribution >= 4 is 34.2 Å². The summed E-state index contributed by atoms with van der Waals surface area (Å²) in [6.07, 6.45) is 1.15. The number of aliphatic hydroxyl groups is 1. The lowest BCUT2D eigenvalue weighted by atomic mass is 10.1.